The topological polar surface area (TPSA) is 87.4 Å². The maximum absolute atomic E-state index is 12.0. The lowest BCUT2D eigenvalue weighted by Crippen LogP contribution is -2.21. The van der Waals surface area contributed by atoms with Crippen LogP contribution in [0, 0.1) is 16.7 Å². The van der Waals surface area contributed by atoms with Gasteiger partial charge in [-0.25, -0.2) is 9.59 Å². The zero-order valence-electron chi connectivity index (χ0n) is 16.2. The van der Waals surface area contributed by atoms with Crippen LogP contribution in [0.15, 0.2) is 72.4 Å². The average molecular weight is 379 g/mol. The highest BCUT2D eigenvalue weighted by atomic mass is 16.5. The molecule has 0 radical (unpaired) electrons. The van der Waals surface area contributed by atoms with Gasteiger partial charge in [-0.05, 0) is 25.0 Å². The molecule has 1 unspecified atom stereocenters. The summed E-state index contributed by atoms with van der Waals surface area (Å²) >= 11 is 0. The first-order valence-electron chi connectivity index (χ1n) is 8.97. The molecule has 0 heterocycles. The van der Waals surface area contributed by atoms with Crippen molar-refractivity contribution in [3.63, 3.8) is 0 Å². The fourth-order valence-electron chi connectivity index (χ4n) is 2.36. The number of hydrogen-bond acceptors (Lipinski definition) is 4. The van der Waals surface area contributed by atoms with E-state index in [0.717, 1.165) is 18.4 Å². The van der Waals surface area contributed by atoms with Gasteiger partial charge >= 0.3 is 11.9 Å². The van der Waals surface area contributed by atoms with Crippen LogP contribution in [0.4, 0.5) is 0 Å². The van der Waals surface area contributed by atoms with E-state index in [4.69, 9.17) is 10.00 Å². The zero-order chi connectivity index (χ0) is 21.0. The van der Waals surface area contributed by atoms with Crippen LogP contribution in [0.3, 0.4) is 0 Å². The Bertz CT molecular complexity index is 828. The van der Waals surface area contributed by atoms with Gasteiger partial charge in [0.15, 0.2) is 0 Å². The third kappa shape index (κ3) is 7.08. The van der Waals surface area contributed by atoms with Gasteiger partial charge in [0.1, 0.15) is 0 Å². The van der Waals surface area contributed by atoms with Gasteiger partial charge in [0, 0.05) is 11.5 Å². The Morgan fingerprint density at radius 2 is 1.96 bits per heavy atom. The van der Waals surface area contributed by atoms with E-state index in [-0.39, 0.29) is 17.8 Å². The molecule has 5 heteroatoms. The molecule has 1 aromatic carbocycles. The van der Waals surface area contributed by atoms with Crippen LogP contribution < -0.4 is 0 Å². The molecule has 0 saturated carbocycles. The Balaban J connectivity index is 3.25. The Labute approximate surface area is 166 Å². The molecule has 0 spiro atoms. The number of benzene rings is 1. The Morgan fingerprint density at radius 1 is 1.29 bits per heavy atom. The number of carbonyl (C=O) groups excluding carboxylic acids is 1. The molecule has 28 heavy (non-hydrogen) atoms. The number of rotatable bonds is 10. The third-order valence-electron chi connectivity index (χ3n) is 4.05. The van der Waals surface area contributed by atoms with Crippen LogP contribution in [-0.2, 0) is 14.3 Å². The lowest BCUT2D eigenvalue weighted by molar-refractivity contribution is -0.138. The van der Waals surface area contributed by atoms with E-state index >= 15 is 0 Å². The monoisotopic (exact) mass is 379 g/mol. The molecule has 0 aromatic heterocycles. The molecule has 0 aliphatic rings. The number of nitrogens with zero attached hydrogens (tertiary/aromatic N) is 1. The second kappa shape index (κ2) is 11.3. The minimum atomic E-state index is -1.22. The summed E-state index contributed by atoms with van der Waals surface area (Å²) in [6.07, 6.45) is 8.92. The molecule has 0 aliphatic heterocycles. The fraction of sp³-hybridized carbons (Fsp3) is 0.261. The Morgan fingerprint density at radius 3 is 2.54 bits per heavy atom. The molecule has 1 atom stereocenters. The standard InChI is InChI=1S/C23H25NO4/c1-4-5-16-28-22(27)18(2)17-20(21(25)26)23(3,13-9-15-24)14-12-19-10-7-6-8-11-19/h6-14,17H,2,4-5,16H2,1,3H3,(H,25,26). The van der Waals surface area contributed by atoms with Gasteiger partial charge in [-0.2, -0.15) is 5.26 Å². The van der Waals surface area contributed by atoms with E-state index in [2.05, 4.69) is 6.58 Å². The van der Waals surface area contributed by atoms with E-state index in [1.54, 1.807) is 19.1 Å². The van der Waals surface area contributed by atoms with Crippen molar-refractivity contribution in [2.45, 2.75) is 26.7 Å². The van der Waals surface area contributed by atoms with Gasteiger partial charge in [-0.3, -0.25) is 0 Å². The number of allylic oxidation sites excluding steroid dienone is 3. The van der Waals surface area contributed by atoms with Crippen molar-refractivity contribution in [2.75, 3.05) is 6.61 Å². The van der Waals surface area contributed by atoms with Crippen molar-refractivity contribution < 1.29 is 19.4 Å². The number of aliphatic carboxylic acids is 1. The van der Waals surface area contributed by atoms with E-state index in [1.165, 1.54) is 18.2 Å². The molecule has 1 N–H and O–H groups in total. The summed E-state index contributed by atoms with van der Waals surface area (Å²) in [7, 11) is 0. The molecule has 1 aromatic rings. The summed E-state index contributed by atoms with van der Waals surface area (Å²) in [6, 6.07) is 11.2. The molecule has 1 rings (SSSR count). The van der Waals surface area contributed by atoms with Gasteiger partial charge in [-0.15, -0.1) is 0 Å². The van der Waals surface area contributed by atoms with Gasteiger partial charge < -0.3 is 9.84 Å². The molecular formula is C23H25NO4. The lowest BCUT2D eigenvalue weighted by atomic mass is 9.79. The highest BCUT2D eigenvalue weighted by Crippen LogP contribution is 2.33. The second-order valence-corrected chi connectivity index (χ2v) is 6.37. The van der Waals surface area contributed by atoms with Gasteiger partial charge in [0.05, 0.1) is 23.8 Å². The summed E-state index contributed by atoms with van der Waals surface area (Å²) in [4.78, 5) is 24.0. The number of unbranched alkanes of at least 4 members (excludes halogenated alkanes) is 1. The minimum Gasteiger partial charge on any atom is -0.478 e. The molecule has 146 valence electrons. The average Bonchev–Trinajstić information content (AvgIpc) is 2.69. The van der Waals surface area contributed by atoms with Crippen molar-refractivity contribution in [1.82, 2.24) is 0 Å². The summed E-state index contributed by atoms with van der Waals surface area (Å²) in [5, 5.41) is 18.6. The van der Waals surface area contributed by atoms with Crippen molar-refractivity contribution in [1.29, 1.82) is 5.26 Å². The number of ether oxygens (including phenoxy) is 1. The zero-order valence-corrected chi connectivity index (χ0v) is 16.2. The van der Waals surface area contributed by atoms with Gasteiger partial charge in [0.2, 0.25) is 0 Å². The Kier molecular flexibility index (Phi) is 9.18. The largest absolute Gasteiger partial charge is 0.478 e. The quantitative estimate of drug-likeness (QED) is 0.209. The maximum atomic E-state index is 12.0. The van der Waals surface area contributed by atoms with Crippen LogP contribution in [0.25, 0.3) is 6.08 Å². The number of nitriles is 1. The smallest absolute Gasteiger partial charge is 0.337 e. The summed E-state index contributed by atoms with van der Waals surface area (Å²) in [6.45, 7) is 7.51. The summed E-state index contributed by atoms with van der Waals surface area (Å²) in [5.41, 5.74) is -0.409. The highest BCUT2D eigenvalue weighted by molar-refractivity contribution is 5.96. The predicted molar refractivity (Wildman–Crippen MR) is 109 cm³/mol. The van der Waals surface area contributed by atoms with Crippen LogP contribution in [0.5, 0.6) is 0 Å². The predicted octanol–water partition coefficient (Wildman–Crippen LogP) is 4.70. The van der Waals surface area contributed by atoms with Crippen molar-refractivity contribution in [3.8, 4) is 6.07 Å². The first-order chi connectivity index (χ1) is 13.3. The summed E-state index contributed by atoms with van der Waals surface area (Å²) in [5.74, 6) is -1.88. The molecule has 0 amide bonds. The first-order valence-corrected chi connectivity index (χ1v) is 8.97. The normalized spacial score (nSPS) is 13.8. The summed E-state index contributed by atoms with van der Waals surface area (Å²) < 4.78 is 5.08. The van der Waals surface area contributed by atoms with E-state index < -0.39 is 17.4 Å². The van der Waals surface area contributed by atoms with E-state index in [0.29, 0.717) is 0 Å². The maximum Gasteiger partial charge on any atom is 0.337 e. The second-order valence-electron chi connectivity index (χ2n) is 6.37. The molecule has 5 nitrogen and oxygen atoms in total. The van der Waals surface area contributed by atoms with E-state index in [1.807, 2.05) is 43.3 Å². The molecule has 0 fully saturated rings. The van der Waals surface area contributed by atoms with Crippen LogP contribution in [0.2, 0.25) is 0 Å². The number of esters is 1. The highest BCUT2D eigenvalue weighted by Gasteiger charge is 2.29. The van der Waals surface area contributed by atoms with Crippen LogP contribution in [-0.4, -0.2) is 23.7 Å². The number of carboxylic acids is 1. The minimum absolute atomic E-state index is 0.0572. The number of carboxylic acid groups (broad SMARTS) is 1. The number of hydrogen-bond donors (Lipinski definition) is 1. The van der Waals surface area contributed by atoms with Gasteiger partial charge in [-0.1, -0.05) is 68.5 Å². The van der Waals surface area contributed by atoms with Crippen LogP contribution in [0.1, 0.15) is 32.3 Å². The molecular weight excluding hydrogens is 354 g/mol. The van der Waals surface area contributed by atoms with Crippen molar-refractivity contribution in [3.05, 3.63) is 77.9 Å². The van der Waals surface area contributed by atoms with Crippen molar-refractivity contribution >= 4 is 18.0 Å². The fourth-order valence-corrected chi connectivity index (χ4v) is 2.36. The van der Waals surface area contributed by atoms with Crippen LogP contribution >= 0.6 is 0 Å². The first kappa shape index (κ1) is 22.7. The van der Waals surface area contributed by atoms with E-state index in [9.17, 15) is 14.7 Å². The van der Waals surface area contributed by atoms with Crippen molar-refractivity contribution in [2.24, 2.45) is 5.41 Å². The number of carbonyl (C=O) groups is 2. The molecule has 0 aliphatic carbocycles. The Hall–Kier alpha value is -3.39. The molecule has 0 saturated heterocycles. The molecule has 0 bridgehead atoms. The SMILES string of the molecule is C=C(C=C(C(=O)O)C(C)(C=CC#N)C=Cc1ccccc1)C(=O)OCCCC. The van der Waals surface area contributed by atoms with Gasteiger partial charge in [0.25, 0.3) is 0 Å². The third-order valence-corrected chi connectivity index (χ3v) is 4.05. The lowest BCUT2D eigenvalue weighted by Gasteiger charge is -2.23.